The number of ether oxygens (including phenoxy) is 1. The van der Waals surface area contributed by atoms with Gasteiger partial charge >= 0.3 is 0 Å². The second kappa shape index (κ2) is 8.84. The van der Waals surface area contributed by atoms with Gasteiger partial charge in [-0.3, -0.25) is 4.79 Å². The Hall–Kier alpha value is -2.48. The minimum atomic E-state index is -0.374. The van der Waals surface area contributed by atoms with Crippen LogP contribution >= 0.6 is 0 Å². The molecule has 1 fully saturated rings. The summed E-state index contributed by atoms with van der Waals surface area (Å²) in [4.78, 5) is 14.3. The van der Waals surface area contributed by atoms with Gasteiger partial charge in [0.2, 0.25) is 0 Å². The first-order chi connectivity index (χ1) is 11.2. The van der Waals surface area contributed by atoms with Crippen LogP contribution < -0.4 is 10.1 Å². The van der Waals surface area contributed by atoms with Crippen LogP contribution in [0.4, 0.5) is 5.69 Å². The van der Waals surface area contributed by atoms with Gasteiger partial charge < -0.3 is 15.0 Å². The normalized spacial score (nSPS) is 15.5. The molecule has 23 heavy (non-hydrogen) atoms. The van der Waals surface area contributed by atoms with Crippen LogP contribution in [0.3, 0.4) is 0 Å². The molecule has 0 bridgehead atoms. The van der Waals surface area contributed by atoms with Gasteiger partial charge in [0, 0.05) is 25.0 Å². The second-order valence-electron chi connectivity index (χ2n) is 5.52. The van der Waals surface area contributed by atoms with E-state index in [-0.39, 0.29) is 11.5 Å². The molecule has 122 valence electrons. The van der Waals surface area contributed by atoms with E-state index in [2.05, 4.69) is 10.2 Å². The van der Waals surface area contributed by atoms with Crippen LogP contribution in [-0.4, -0.2) is 30.5 Å². The monoisotopic (exact) mass is 313 g/mol. The Morgan fingerprint density at radius 3 is 2.48 bits per heavy atom. The fourth-order valence-electron chi connectivity index (χ4n) is 2.54. The van der Waals surface area contributed by atoms with Crippen LogP contribution in [0.25, 0.3) is 0 Å². The predicted molar refractivity (Wildman–Crippen MR) is 90.0 cm³/mol. The number of likely N-dealkylation sites (tertiary alicyclic amines) is 1. The Kier molecular flexibility index (Phi) is 6.49. The zero-order valence-electron chi connectivity index (χ0n) is 13.5. The molecule has 2 rings (SSSR count). The number of nitriles is 1. The first-order valence-electron chi connectivity index (χ1n) is 8.13. The van der Waals surface area contributed by atoms with E-state index >= 15 is 0 Å². The van der Waals surface area contributed by atoms with Gasteiger partial charge in [0.15, 0.2) is 0 Å². The lowest BCUT2D eigenvalue weighted by Crippen LogP contribution is -2.22. The molecule has 0 atom stereocenters. The van der Waals surface area contributed by atoms with Crippen molar-refractivity contribution in [3.8, 4) is 11.8 Å². The third kappa shape index (κ3) is 5.33. The van der Waals surface area contributed by atoms with E-state index in [1.165, 1.54) is 12.8 Å². The third-order valence-electron chi connectivity index (χ3n) is 3.74. The fraction of sp³-hybridized carbons (Fsp3) is 0.444. The van der Waals surface area contributed by atoms with Crippen molar-refractivity contribution >= 4 is 11.6 Å². The van der Waals surface area contributed by atoms with Crippen LogP contribution in [0.1, 0.15) is 32.6 Å². The van der Waals surface area contributed by atoms with Crippen LogP contribution in [-0.2, 0) is 4.79 Å². The van der Waals surface area contributed by atoms with Crippen molar-refractivity contribution in [2.45, 2.75) is 32.6 Å². The van der Waals surface area contributed by atoms with Crippen LogP contribution in [0.15, 0.2) is 36.0 Å². The zero-order valence-corrected chi connectivity index (χ0v) is 13.5. The van der Waals surface area contributed by atoms with Gasteiger partial charge in [-0.15, -0.1) is 0 Å². The molecule has 1 aliphatic heterocycles. The van der Waals surface area contributed by atoms with Gasteiger partial charge in [0.25, 0.3) is 5.91 Å². The van der Waals surface area contributed by atoms with Crippen molar-refractivity contribution in [2.75, 3.05) is 25.0 Å². The molecule has 1 amide bonds. The molecule has 5 heteroatoms. The number of benzene rings is 1. The number of anilines is 1. The van der Waals surface area contributed by atoms with Gasteiger partial charge in [-0.1, -0.05) is 12.8 Å². The lowest BCUT2D eigenvalue weighted by atomic mass is 10.2. The number of rotatable bonds is 5. The van der Waals surface area contributed by atoms with Gasteiger partial charge in [0.05, 0.1) is 6.61 Å². The number of carbonyl (C=O) groups is 1. The zero-order chi connectivity index (χ0) is 16.5. The SMILES string of the molecule is CCOc1ccc(NC(=O)/C(C#N)=C\N2CCCCCC2)cc1. The lowest BCUT2D eigenvalue weighted by Gasteiger charge is -2.17. The van der Waals surface area contributed by atoms with Gasteiger partial charge in [-0.05, 0) is 44.0 Å². The molecule has 0 saturated carbocycles. The number of amides is 1. The average Bonchev–Trinajstić information content (AvgIpc) is 2.83. The van der Waals surface area contributed by atoms with E-state index in [9.17, 15) is 10.1 Å². The van der Waals surface area contributed by atoms with Crippen molar-refractivity contribution < 1.29 is 9.53 Å². The molecule has 1 aromatic rings. The van der Waals surface area contributed by atoms with Crippen LogP contribution in [0, 0.1) is 11.3 Å². The lowest BCUT2D eigenvalue weighted by molar-refractivity contribution is -0.112. The quantitative estimate of drug-likeness (QED) is 0.669. The number of nitrogens with one attached hydrogen (secondary N) is 1. The van der Waals surface area contributed by atoms with Crippen molar-refractivity contribution in [1.82, 2.24) is 4.90 Å². The molecule has 1 aliphatic rings. The summed E-state index contributed by atoms with van der Waals surface area (Å²) in [6, 6.07) is 9.13. The molecule has 5 nitrogen and oxygen atoms in total. The van der Waals surface area contributed by atoms with Gasteiger partial charge in [-0.2, -0.15) is 5.26 Å². The van der Waals surface area contributed by atoms with Crippen molar-refractivity contribution in [3.05, 3.63) is 36.0 Å². The smallest absolute Gasteiger partial charge is 0.267 e. The molecule has 1 heterocycles. The first kappa shape index (κ1) is 16.9. The Balaban J connectivity index is 2.00. The molecule has 1 saturated heterocycles. The molecule has 0 aliphatic carbocycles. The molecule has 0 spiro atoms. The van der Waals surface area contributed by atoms with E-state index in [0.29, 0.717) is 12.3 Å². The summed E-state index contributed by atoms with van der Waals surface area (Å²) in [5.41, 5.74) is 0.788. The number of nitrogens with zero attached hydrogens (tertiary/aromatic N) is 2. The standard InChI is InChI=1S/C18H23N3O2/c1-2-23-17-9-7-16(8-10-17)20-18(22)15(13-19)14-21-11-5-3-4-6-12-21/h7-10,14H,2-6,11-12H2,1H3,(H,20,22)/b15-14-. The second-order valence-corrected chi connectivity index (χ2v) is 5.52. The Morgan fingerprint density at radius 2 is 1.91 bits per heavy atom. The van der Waals surface area contributed by atoms with Crippen LogP contribution in [0.5, 0.6) is 5.75 Å². The maximum atomic E-state index is 12.3. The highest BCUT2D eigenvalue weighted by Crippen LogP contribution is 2.17. The van der Waals surface area contributed by atoms with E-state index in [1.54, 1.807) is 30.5 Å². The minimum absolute atomic E-state index is 0.140. The summed E-state index contributed by atoms with van der Waals surface area (Å²) >= 11 is 0. The average molecular weight is 313 g/mol. The summed E-state index contributed by atoms with van der Waals surface area (Å²) in [6.07, 6.45) is 6.33. The third-order valence-corrected chi connectivity index (χ3v) is 3.74. The minimum Gasteiger partial charge on any atom is -0.494 e. The summed E-state index contributed by atoms with van der Waals surface area (Å²) in [6.45, 7) is 4.33. The van der Waals surface area contributed by atoms with E-state index < -0.39 is 0 Å². The molecular formula is C18H23N3O2. The highest BCUT2D eigenvalue weighted by molar-refractivity contribution is 6.06. The number of carbonyl (C=O) groups excluding carboxylic acids is 1. The number of hydrogen-bond donors (Lipinski definition) is 1. The van der Waals surface area contributed by atoms with Crippen molar-refractivity contribution in [3.63, 3.8) is 0 Å². The Bertz CT molecular complexity index is 579. The maximum absolute atomic E-state index is 12.3. The maximum Gasteiger partial charge on any atom is 0.267 e. The molecule has 1 N–H and O–H groups in total. The fourth-order valence-corrected chi connectivity index (χ4v) is 2.54. The Labute approximate surface area is 137 Å². The molecule has 0 unspecified atom stereocenters. The topological polar surface area (TPSA) is 65.4 Å². The predicted octanol–water partition coefficient (Wildman–Crippen LogP) is 3.31. The van der Waals surface area contributed by atoms with E-state index in [4.69, 9.17) is 4.74 Å². The first-order valence-corrected chi connectivity index (χ1v) is 8.13. The van der Waals surface area contributed by atoms with E-state index in [0.717, 1.165) is 31.7 Å². The number of hydrogen-bond acceptors (Lipinski definition) is 4. The summed E-state index contributed by atoms with van der Waals surface area (Å²) in [5, 5.41) is 12.0. The summed E-state index contributed by atoms with van der Waals surface area (Å²) in [7, 11) is 0. The molecule has 0 aromatic heterocycles. The van der Waals surface area contributed by atoms with Crippen LogP contribution in [0.2, 0.25) is 0 Å². The molecule has 1 aromatic carbocycles. The van der Waals surface area contributed by atoms with Gasteiger partial charge in [0.1, 0.15) is 17.4 Å². The van der Waals surface area contributed by atoms with E-state index in [1.807, 2.05) is 13.0 Å². The van der Waals surface area contributed by atoms with Crippen molar-refractivity contribution in [2.24, 2.45) is 0 Å². The molecule has 0 radical (unpaired) electrons. The molecular weight excluding hydrogens is 290 g/mol. The largest absolute Gasteiger partial charge is 0.494 e. The highest BCUT2D eigenvalue weighted by Gasteiger charge is 2.13. The highest BCUT2D eigenvalue weighted by atomic mass is 16.5. The summed E-state index contributed by atoms with van der Waals surface area (Å²) in [5.74, 6) is 0.382. The Morgan fingerprint density at radius 1 is 1.26 bits per heavy atom. The van der Waals surface area contributed by atoms with Crippen molar-refractivity contribution in [1.29, 1.82) is 5.26 Å². The summed E-state index contributed by atoms with van der Waals surface area (Å²) < 4.78 is 5.36. The van der Waals surface area contributed by atoms with Gasteiger partial charge in [-0.25, -0.2) is 0 Å².